The third-order valence-electron chi connectivity index (χ3n) is 4.25. The first-order valence-electron chi connectivity index (χ1n) is 9.03. The Morgan fingerprint density at radius 2 is 2.00 bits per heavy atom. The Balaban J connectivity index is 1.53. The molecule has 0 unspecified atom stereocenters. The van der Waals surface area contributed by atoms with E-state index in [0.717, 1.165) is 0 Å². The van der Waals surface area contributed by atoms with Gasteiger partial charge in [-0.2, -0.15) is 0 Å². The standard InChI is InChI=1S/C20H15N7O4/c1-13-19(24-25-26(13)15-5-3-6-16(11-15)27(29)30)20(28)23-14-4-2-7-17(10-14)31-18-12-21-8-9-22-18/h2-12H,1H3,(H,23,28). The van der Waals surface area contributed by atoms with E-state index in [-0.39, 0.29) is 11.4 Å². The number of anilines is 1. The zero-order valence-electron chi connectivity index (χ0n) is 16.2. The number of nitrogens with zero attached hydrogens (tertiary/aromatic N) is 6. The molecule has 1 N–H and O–H groups in total. The lowest BCUT2D eigenvalue weighted by Crippen LogP contribution is -2.14. The van der Waals surface area contributed by atoms with Gasteiger partial charge >= 0.3 is 0 Å². The number of carbonyl (C=O) groups excluding carboxylic acids is 1. The van der Waals surface area contributed by atoms with Crippen molar-refractivity contribution in [3.05, 3.63) is 88.6 Å². The number of aromatic nitrogens is 5. The average molecular weight is 417 g/mol. The van der Waals surface area contributed by atoms with Gasteiger partial charge < -0.3 is 10.1 Å². The minimum Gasteiger partial charge on any atom is -0.437 e. The normalized spacial score (nSPS) is 10.5. The molecule has 11 heteroatoms. The van der Waals surface area contributed by atoms with Crippen LogP contribution in [0.4, 0.5) is 11.4 Å². The van der Waals surface area contributed by atoms with E-state index in [1.807, 2.05) is 0 Å². The van der Waals surface area contributed by atoms with E-state index in [1.165, 1.54) is 41.5 Å². The summed E-state index contributed by atoms with van der Waals surface area (Å²) in [5.74, 6) is 0.308. The highest BCUT2D eigenvalue weighted by molar-refractivity contribution is 6.03. The molecule has 4 aromatic rings. The minimum absolute atomic E-state index is 0.0849. The molecule has 0 spiro atoms. The summed E-state index contributed by atoms with van der Waals surface area (Å²) in [4.78, 5) is 31.2. The summed E-state index contributed by atoms with van der Waals surface area (Å²) in [6.07, 6.45) is 4.52. The summed E-state index contributed by atoms with van der Waals surface area (Å²) in [5, 5.41) is 21.6. The first-order chi connectivity index (χ1) is 15.0. The van der Waals surface area contributed by atoms with Gasteiger partial charge in [0.1, 0.15) is 5.75 Å². The molecule has 0 fully saturated rings. The predicted molar refractivity (Wildman–Crippen MR) is 109 cm³/mol. The Morgan fingerprint density at radius 1 is 1.16 bits per heavy atom. The molecule has 0 atom stereocenters. The Hall–Kier alpha value is -4.67. The second kappa shape index (κ2) is 8.37. The molecular formula is C20H15N7O4. The fourth-order valence-corrected chi connectivity index (χ4v) is 2.81. The summed E-state index contributed by atoms with van der Waals surface area (Å²) in [7, 11) is 0. The highest BCUT2D eigenvalue weighted by Crippen LogP contribution is 2.23. The van der Waals surface area contributed by atoms with Crippen LogP contribution in [0.2, 0.25) is 0 Å². The predicted octanol–water partition coefficient (Wildman–Crippen LogP) is 3.32. The lowest BCUT2D eigenvalue weighted by Gasteiger charge is -2.08. The van der Waals surface area contributed by atoms with Crippen molar-refractivity contribution in [2.75, 3.05) is 5.32 Å². The van der Waals surface area contributed by atoms with E-state index in [0.29, 0.717) is 28.7 Å². The molecular weight excluding hydrogens is 402 g/mol. The van der Waals surface area contributed by atoms with Crippen molar-refractivity contribution in [1.29, 1.82) is 0 Å². The number of non-ortho nitro benzene ring substituents is 1. The molecule has 31 heavy (non-hydrogen) atoms. The van der Waals surface area contributed by atoms with E-state index in [2.05, 4.69) is 25.6 Å². The number of nitrogens with one attached hydrogen (secondary N) is 1. The molecule has 0 saturated carbocycles. The maximum absolute atomic E-state index is 12.7. The second-order valence-corrected chi connectivity index (χ2v) is 6.34. The van der Waals surface area contributed by atoms with Gasteiger partial charge in [-0.15, -0.1) is 5.10 Å². The lowest BCUT2D eigenvalue weighted by atomic mass is 10.2. The summed E-state index contributed by atoms with van der Waals surface area (Å²) in [6.45, 7) is 1.65. The van der Waals surface area contributed by atoms with Crippen molar-refractivity contribution >= 4 is 17.3 Å². The van der Waals surface area contributed by atoms with Crippen molar-refractivity contribution in [3.63, 3.8) is 0 Å². The number of nitro groups is 1. The number of benzene rings is 2. The molecule has 2 aromatic heterocycles. The zero-order chi connectivity index (χ0) is 21.8. The molecule has 0 bridgehead atoms. The molecule has 0 aliphatic carbocycles. The summed E-state index contributed by atoms with van der Waals surface area (Å²) < 4.78 is 6.98. The highest BCUT2D eigenvalue weighted by atomic mass is 16.6. The number of hydrogen-bond donors (Lipinski definition) is 1. The fourth-order valence-electron chi connectivity index (χ4n) is 2.81. The lowest BCUT2D eigenvalue weighted by molar-refractivity contribution is -0.384. The first-order valence-corrected chi connectivity index (χ1v) is 9.03. The SMILES string of the molecule is Cc1c(C(=O)Nc2cccc(Oc3cnccn3)c2)nnn1-c1cccc([N+](=O)[O-])c1. The van der Waals surface area contributed by atoms with Crippen molar-refractivity contribution in [2.45, 2.75) is 6.92 Å². The van der Waals surface area contributed by atoms with Gasteiger partial charge in [-0.1, -0.05) is 17.3 Å². The third kappa shape index (κ3) is 4.34. The molecule has 0 aliphatic heterocycles. The quantitative estimate of drug-likeness (QED) is 0.372. The van der Waals surface area contributed by atoms with Gasteiger partial charge in [-0.25, -0.2) is 9.67 Å². The van der Waals surface area contributed by atoms with Crippen molar-refractivity contribution in [3.8, 4) is 17.3 Å². The van der Waals surface area contributed by atoms with E-state index in [9.17, 15) is 14.9 Å². The number of nitro benzene ring substituents is 1. The van der Waals surface area contributed by atoms with Crippen LogP contribution in [0.25, 0.3) is 5.69 Å². The van der Waals surface area contributed by atoms with Gasteiger partial charge in [0, 0.05) is 36.3 Å². The van der Waals surface area contributed by atoms with E-state index in [1.54, 1.807) is 37.3 Å². The summed E-state index contributed by atoms with van der Waals surface area (Å²) in [5.41, 5.74) is 1.35. The number of hydrogen-bond acceptors (Lipinski definition) is 8. The Bertz CT molecular complexity index is 1260. The number of amides is 1. The van der Waals surface area contributed by atoms with Crippen LogP contribution in [-0.2, 0) is 0 Å². The monoisotopic (exact) mass is 417 g/mol. The molecule has 0 radical (unpaired) electrons. The zero-order valence-corrected chi connectivity index (χ0v) is 16.2. The number of ether oxygens (including phenoxy) is 1. The van der Waals surface area contributed by atoms with Crippen LogP contribution in [0.1, 0.15) is 16.2 Å². The van der Waals surface area contributed by atoms with Crippen LogP contribution in [0.15, 0.2) is 67.1 Å². The average Bonchev–Trinajstić information content (AvgIpc) is 3.16. The number of carbonyl (C=O) groups is 1. The molecule has 154 valence electrons. The molecule has 0 saturated heterocycles. The summed E-state index contributed by atoms with van der Waals surface area (Å²) in [6, 6.07) is 12.7. The van der Waals surface area contributed by atoms with Gasteiger partial charge in [0.05, 0.1) is 22.5 Å². The molecule has 4 rings (SSSR count). The van der Waals surface area contributed by atoms with Gasteiger partial charge in [-0.3, -0.25) is 19.9 Å². The van der Waals surface area contributed by atoms with Gasteiger partial charge in [-0.05, 0) is 25.1 Å². The number of rotatable bonds is 6. The fraction of sp³-hybridized carbons (Fsp3) is 0.0500. The van der Waals surface area contributed by atoms with Crippen molar-refractivity contribution < 1.29 is 14.5 Å². The van der Waals surface area contributed by atoms with E-state index in [4.69, 9.17) is 4.74 Å². The van der Waals surface area contributed by atoms with E-state index < -0.39 is 10.8 Å². The van der Waals surface area contributed by atoms with Crippen LogP contribution in [0.3, 0.4) is 0 Å². The molecule has 2 aromatic carbocycles. The molecule has 1 amide bonds. The van der Waals surface area contributed by atoms with E-state index >= 15 is 0 Å². The second-order valence-electron chi connectivity index (χ2n) is 6.34. The van der Waals surface area contributed by atoms with Gasteiger partial charge in [0.25, 0.3) is 11.6 Å². The Morgan fingerprint density at radius 3 is 2.77 bits per heavy atom. The van der Waals surface area contributed by atoms with Gasteiger partial charge in [0.2, 0.25) is 5.88 Å². The van der Waals surface area contributed by atoms with Crippen LogP contribution < -0.4 is 10.1 Å². The largest absolute Gasteiger partial charge is 0.437 e. The maximum atomic E-state index is 12.7. The molecule has 2 heterocycles. The third-order valence-corrected chi connectivity index (χ3v) is 4.25. The first kappa shape index (κ1) is 19.6. The minimum atomic E-state index is -0.501. The maximum Gasteiger partial charge on any atom is 0.278 e. The Labute approximate surface area is 175 Å². The van der Waals surface area contributed by atoms with Crippen molar-refractivity contribution in [1.82, 2.24) is 25.0 Å². The van der Waals surface area contributed by atoms with Crippen LogP contribution >= 0.6 is 0 Å². The van der Waals surface area contributed by atoms with Crippen molar-refractivity contribution in [2.24, 2.45) is 0 Å². The van der Waals surface area contributed by atoms with Crippen LogP contribution in [-0.4, -0.2) is 35.8 Å². The Kier molecular flexibility index (Phi) is 5.30. The molecule has 11 nitrogen and oxygen atoms in total. The molecule has 0 aliphatic rings. The van der Waals surface area contributed by atoms with Crippen LogP contribution in [0.5, 0.6) is 11.6 Å². The highest BCUT2D eigenvalue weighted by Gasteiger charge is 2.19. The topological polar surface area (TPSA) is 138 Å². The summed E-state index contributed by atoms with van der Waals surface area (Å²) >= 11 is 0. The van der Waals surface area contributed by atoms with Crippen LogP contribution in [0, 0.1) is 17.0 Å². The van der Waals surface area contributed by atoms with Gasteiger partial charge in [0.15, 0.2) is 5.69 Å². The smallest absolute Gasteiger partial charge is 0.278 e.